The predicted molar refractivity (Wildman–Crippen MR) is 118 cm³/mol. The number of aromatic nitrogens is 1. The summed E-state index contributed by atoms with van der Waals surface area (Å²) in [5, 5.41) is 17.7. The molecule has 0 radical (unpaired) electrons. The van der Waals surface area contributed by atoms with Crippen molar-refractivity contribution in [1.82, 2.24) is 20.5 Å². The van der Waals surface area contributed by atoms with E-state index in [0.29, 0.717) is 25.8 Å². The second kappa shape index (κ2) is 9.62. The molecule has 4 atom stereocenters. The van der Waals surface area contributed by atoms with E-state index in [4.69, 9.17) is 0 Å². The lowest BCUT2D eigenvalue weighted by atomic mass is 9.98. The number of benzene rings is 1. The van der Waals surface area contributed by atoms with Gasteiger partial charge in [-0.2, -0.15) is 0 Å². The Bertz CT molecular complexity index is 874. The molecule has 1 aliphatic heterocycles. The molecule has 0 spiro atoms. The van der Waals surface area contributed by atoms with Gasteiger partial charge in [0.1, 0.15) is 6.04 Å². The highest BCUT2D eigenvalue weighted by Gasteiger charge is 2.40. The second-order valence-electron chi connectivity index (χ2n) is 8.50. The molecule has 1 aliphatic rings. The van der Waals surface area contributed by atoms with Gasteiger partial charge in [0.05, 0.1) is 18.2 Å². The van der Waals surface area contributed by atoms with E-state index in [0.717, 1.165) is 16.5 Å². The summed E-state index contributed by atoms with van der Waals surface area (Å²) in [6, 6.07) is 6.79. The molecule has 1 aromatic carbocycles. The van der Waals surface area contributed by atoms with Gasteiger partial charge in [0, 0.05) is 23.6 Å². The molecule has 30 heavy (non-hydrogen) atoms. The molecule has 164 valence electrons. The Kier molecular flexibility index (Phi) is 7.15. The fourth-order valence-corrected chi connectivity index (χ4v) is 4.35. The van der Waals surface area contributed by atoms with Crippen LogP contribution in [0.15, 0.2) is 30.5 Å². The van der Waals surface area contributed by atoms with Crippen molar-refractivity contribution in [2.45, 2.75) is 64.3 Å². The number of hydrogen-bond donors (Lipinski definition) is 4. The van der Waals surface area contributed by atoms with Gasteiger partial charge in [0.15, 0.2) is 0 Å². The van der Waals surface area contributed by atoms with Crippen molar-refractivity contribution in [2.24, 2.45) is 5.92 Å². The number of carbonyl (C=O) groups excluding carboxylic acids is 2. The molecule has 4 N–H and O–H groups in total. The van der Waals surface area contributed by atoms with Crippen LogP contribution in [0.2, 0.25) is 0 Å². The fraction of sp³-hybridized carbons (Fsp3) is 0.565. The molecule has 0 bridgehead atoms. The summed E-state index contributed by atoms with van der Waals surface area (Å²) in [6.45, 7) is 6.30. The van der Waals surface area contributed by atoms with Crippen LogP contribution in [0.25, 0.3) is 10.9 Å². The summed E-state index contributed by atoms with van der Waals surface area (Å²) in [5.41, 5.74) is 2.13. The van der Waals surface area contributed by atoms with Gasteiger partial charge in [0.25, 0.3) is 0 Å². The van der Waals surface area contributed by atoms with Gasteiger partial charge < -0.3 is 25.6 Å². The first-order valence-electron chi connectivity index (χ1n) is 10.9. The first-order valence-corrected chi connectivity index (χ1v) is 10.9. The fourth-order valence-electron chi connectivity index (χ4n) is 4.35. The van der Waals surface area contributed by atoms with Gasteiger partial charge in [-0.1, -0.05) is 39.0 Å². The van der Waals surface area contributed by atoms with Crippen LogP contribution < -0.4 is 10.6 Å². The van der Waals surface area contributed by atoms with Crippen LogP contribution in [0.1, 0.15) is 39.2 Å². The molecule has 2 amide bonds. The predicted octanol–water partition coefficient (Wildman–Crippen LogP) is 1.81. The average Bonchev–Trinajstić information content (AvgIpc) is 3.31. The van der Waals surface area contributed by atoms with E-state index in [2.05, 4.69) is 21.7 Å². The Balaban J connectivity index is 1.79. The number of hydrogen-bond acceptors (Lipinski definition) is 4. The van der Waals surface area contributed by atoms with Crippen molar-refractivity contribution in [3.63, 3.8) is 0 Å². The Morgan fingerprint density at radius 3 is 2.70 bits per heavy atom. The lowest BCUT2D eigenvalue weighted by molar-refractivity contribution is -0.139. The molecule has 3 rings (SSSR count). The van der Waals surface area contributed by atoms with E-state index in [1.54, 1.807) is 11.9 Å². The molecule has 0 aliphatic carbocycles. The zero-order chi connectivity index (χ0) is 21.8. The highest BCUT2D eigenvalue weighted by Crippen LogP contribution is 2.27. The van der Waals surface area contributed by atoms with Crippen molar-refractivity contribution in [2.75, 3.05) is 13.6 Å². The number of nitrogens with zero attached hydrogens (tertiary/aromatic N) is 1. The molecule has 1 aromatic heterocycles. The minimum absolute atomic E-state index is 0.0534. The zero-order valence-electron chi connectivity index (χ0n) is 18.3. The maximum Gasteiger partial charge on any atom is 0.245 e. The largest absolute Gasteiger partial charge is 0.391 e. The zero-order valence-corrected chi connectivity index (χ0v) is 18.3. The standard InChI is InChI=1S/C23H34N4O3/c1-5-17(24-4)22(29)26-21(14(2)3)23(30)27-11-10-20(28)19(27)12-15-13-25-18-9-7-6-8-16(15)18/h6-9,13-14,17,19-21,24-25,28H,5,10-12H2,1-4H3,(H,26,29)/t17-,19-,20?,21-/m0/s1. The normalized spacial score (nSPS) is 21.2. The highest BCUT2D eigenvalue weighted by molar-refractivity contribution is 5.90. The van der Waals surface area contributed by atoms with Gasteiger partial charge in [-0.15, -0.1) is 0 Å². The molecule has 1 saturated heterocycles. The third-order valence-electron chi connectivity index (χ3n) is 6.20. The SMILES string of the molecule is CC[C@H](NC)C(=O)N[C@H](C(=O)N1CCC(O)[C@@H]1Cc1c[nH]c2ccccc12)C(C)C. The first kappa shape index (κ1) is 22.3. The van der Waals surface area contributed by atoms with E-state index in [9.17, 15) is 14.7 Å². The van der Waals surface area contributed by atoms with Crippen LogP contribution in [0, 0.1) is 5.92 Å². The lowest BCUT2D eigenvalue weighted by Gasteiger charge is -2.32. The summed E-state index contributed by atoms with van der Waals surface area (Å²) in [6.07, 6.45) is 3.15. The van der Waals surface area contributed by atoms with Crippen molar-refractivity contribution >= 4 is 22.7 Å². The summed E-state index contributed by atoms with van der Waals surface area (Å²) < 4.78 is 0. The van der Waals surface area contributed by atoms with Crippen LogP contribution in [0.5, 0.6) is 0 Å². The Hall–Kier alpha value is -2.38. The van der Waals surface area contributed by atoms with Crippen molar-refractivity contribution < 1.29 is 14.7 Å². The molecule has 0 saturated carbocycles. The third kappa shape index (κ3) is 4.52. The van der Waals surface area contributed by atoms with Gasteiger partial charge in [-0.05, 0) is 43.9 Å². The Labute approximate surface area is 178 Å². The smallest absolute Gasteiger partial charge is 0.245 e. The van der Waals surface area contributed by atoms with E-state index < -0.39 is 12.1 Å². The number of nitrogens with one attached hydrogen (secondary N) is 3. The maximum atomic E-state index is 13.4. The average molecular weight is 415 g/mol. The topological polar surface area (TPSA) is 97.5 Å². The highest BCUT2D eigenvalue weighted by atomic mass is 16.3. The number of likely N-dealkylation sites (tertiary alicyclic amines) is 1. The van der Waals surface area contributed by atoms with Crippen molar-refractivity contribution in [1.29, 1.82) is 0 Å². The molecule has 1 fully saturated rings. The van der Waals surface area contributed by atoms with Gasteiger partial charge in [-0.3, -0.25) is 9.59 Å². The van der Waals surface area contributed by atoms with E-state index in [-0.39, 0.29) is 29.8 Å². The number of fused-ring (bicyclic) bond motifs is 1. The monoisotopic (exact) mass is 414 g/mol. The number of rotatable bonds is 8. The maximum absolute atomic E-state index is 13.4. The van der Waals surface area contributed by atoms with Crippen LogP contribution in [0.3, 0.4) is 0 Å². The summed E-state index contributed by atoms with van der Waals surface area (Å²) >= 11 is 0. The molecule has 2 heterocycles. The van der Waals surface area contributed by atoms with E-state index in [1.165, 1.54) is 0 Å². The van der Waals surface area contributed by atoms with Gasteiger partial charge in [0.2, 0.25) is 11.8 Å². The number of H-pyrrole nitrogens is 1. The molecule has 7 heteroatoms. The Morgan fingerprint density at radius 1 is 1.30 bits per heavy atom. The second-order valence-corrected chi connectivity index (χ2v) is 8.50. The molecule has 1 unspecified atom stereocenters. The van der Waals surface area contributed by atoms with Crippen LogP contribution in [0.4, 0.5) is 0 Å². The summed E-state index contributed by atoms with van der Waals surface area (Å²) in [5.74, 6) is -0.340. The quantitative estimate of drug-likeness (QED) is 0.530. The van der Waals surface area contributed by atoms with Gasteiger partial charge in [-0.25, -0.2) is 0 Å². The number of aliphatic hydroxyl groups is 1. The number of carbonyl (C=O) groups is 2. The van der Waals surface area contributed by atoms with Crippen molar-refractivity contribution in [3.8, 4) is 0 Å². The van der Waals surface area contributed by atoms with Crippen molar-refractivity contribution in [3.05, 3.63) is 36.0 Å². The van der Waals surface area contributed by atoms with Gasteiger partial charge >= 0.3 is 0 Å². The van der Waals surface area contributed by atoms with Crippen LogP contribution in [-0.4, -0.2) is 64.6 Å². The molecule has 2 aromatic rings. The number of para-hydroxylation sites is 1. The Morgan fingerprint density at radius 2 is 2.03 bits per heavy atom. The third-order valence-corrected chi connectivity index (χ3v) is 6.20. The minimum atomic E-state index is -0.615. The molecular formula is C23H34N4O3. The molecular weight excluding hydrogens is 380 g/mol. The number of likely N-dealkylation sites (N-methyl/N-ethyl adjacent to an activating group) is 1. The van der Waals surface area contributed by atoms with Crippen LogP contribution >= 0.6 is 0 Å². The van der Waals surface area contributed by atoms with E-state index >= 15 is 0 Å². The molecule has 7 nitrogen and oxygen atoms in total. The van der Waals surface area contributed by atoms with Crippen LogP contribution in [-0.2, 0) is 16.0 Å². The lowest BCUT2D eigenvalue weighted by Crippen LogP contribution is -2.56. The summed E-state index contributed by atoms with van der Waals surface area (Å²) in [7, 11) is 1.74. The first-order chi connectivity index (χ1) is 14.4. The number of aromatic amines is 1. The van der Waals surface area contributed by atoms with E-state index in [1.807, 2.05) is 45.2 Å². The number of amides is 2. The minimum Gasteiger partial charge on any atom is -0.391 e. The summed E-state index contributed by atoms with van der Waals surface area (Å²) in [4.78, 5) is 31.1. The number of aliphatic hydroxyl groups excluding tert-OH is 1.